The lowest BCUT2D eigenvalue weighted by molar-refractivity contribution is 0.558. The van der Waals surface area contributed by atoms with Gasteiger partial charge >= 0.3 is 0 Å². The summed E-state index contributed by atoms with van der Waals surface area (Å²) < 4.78 is 3.24. The second-order valence-corrected chi connectivity index (χ2v) is 4.22. The molecule has 2 aromatic rings. The molecular weight excluding hydrogens is 244 g/mol. The van der Waals surface area contributed by atoms with E-state index < -0.39 is 0 Å². The van der Waals surface area contributed by atoms with E-state index in [2.05, 4.69) is 15.5 Å². The second kappa shape index (κ2) is 6.14. The van der Waals surface area contributed by atoms with Gasteiger partial charge in [-0.2, -0.15) is 10.2 Å². The average molecular weight is 262 g/mol. The predicted molar refractivity (Wildman–Crippen MR) is 73.0 cm³/mol. The summed E-state index contributed by atoms with van der Waals surface area (Å²) in [6.07, 6.45) is 4.10. The molecule has 0 aromatic carbocycles. The minimum atomic E-state index is -0.121. The Labute approximate surface area is 111 Å². The van der Waals surface area contributed by atoms with E-state index in [0.29, 0.717) is 25.3 Å². The number of aromatic nitrogens is 4. The summed E-state index contributed by atoms with van der Waals surface area (Å²) in [6.45, 7) is 1.68. The van der Waals surface area contributed by atoms with Gasteiger partial charge in [-0.25, -0.2) is 4.68 Å². The minimum absolute atomic E-state index is 0.121. The maximum absolute atomic E-state index is 11.9. The van der Waals surface area contributed by atoms with E-state index in [1.807, 2.05) is 13.1 Å². The highest BCUT2D eigenvalue weighted by atomic mass is 16.1. The van der Waals surface area contributed by atoms with Gasteiger partial charge in [0.1, 0.15) is 0 Å². The zero-order valence-electron chi connectivity index (χ0n) is 10.9. The molecule has 0 aliphatic carbocycles. The van der Waals surface area contributed by atoms with E-state index in [0.717, 1.165) is 12.1 Å². The minimum Gasteiger partial charge on any atom is -0.382 e. The van der Waals surface area contributed by atoms with Crippen LogP contribution in [0.5, 0.6) is 0 Å². The number of nitrogens with zero attached hydrogens (tertiary/aromatic N) is 4. The van der Waals surface area contributed by atoms with E-state index in [4.69, 9.17) is 5.73 Å². The number of aryl methyl sites for hydroxylation is 3. The van der Waals surface area contributed by atoms with Gasteiger partial charge in [-0.15, -0.1) is 0 Å². The third-order valence-electron chi connectivity index (χ3n) is 2.85. The van der Waals surface area contributed by atoms with E-state index in [-0.39, 0.29) is 5.56 Å². The van der Waals surface area contributed by atoms with Gasteiger partial charge in [0.15, 0.2) is 0 Å². The fourth-order valence-corrected chi connectivity index (χ4v) is 1.78. The van der Waals surface area contributed by atoms with E-state index in [9.17, 15) is 4.79 Å². The summed E-state index contributed by atoms with van der Waals surface area (Å²) in [7, 11) is 1.88. The summed E-state index contributed by atoms with van der Waals surface area (Å²) in [4.78, 5) is 11.9. The Morgan fingerprint density at radius 1 is 1.42 bits per heavy atom. The summed E-state index contributed by atoms with van der Waals surface area (Å²) in [5, 5.41) is 11.2. The monoisotopic (exact) mass is 262 g/mol. The molecule has 0 fully saturated rings. The molecule has 19 heavy (non-hydrogen) atoms. The second-order valence-electron chi connectivity index (χ2n) is 4.22. The van der Waals surface area contributed by atoms with Crippen LogP contribution < -0.4 is 16.6 Å². The van der Waals surface area contributed by atoms with Crippen molar-refractivity contribution in [2.75, 3.05) is 18.4 Å². The molecule has 3 N–H and O–H groups in total. The van der Waals surface area contributed by atoms with Crippen molar-refractivity contribution in [1.29, 1.82) is 0 Å². The summed E-state index contributed by atoms with van der Waals surface area (Å²) >= 11 is 0. The smallest absolute Gasteiger partial charge is 0.268 e. The molecule has 7 nitrogen and oxygen atoms in total. The van der Waals surface area contributed by atoms with Crippen molar-refractivity contribution in [2.45, 2.75) is 13.0 Å². The Morgan fingerprint density at radius 3 is 2.89 bits per heavy atom. The van der Waals surface area contributed by atoms with E-state index in [1.165, 1.54) is 10.7 Å². The predicted octanol–water partition coefficient (Wildman–Crippen LogP) is -0.410. The molecule has 7 heteroatoms. The van der Waals surface area contributed by atoms with Crippen LogP contribution in [0.15, 0.2) is 29.3 Å². The molecule has 0 spiro atoms. The van der Waals surface area contributed by atoms with Crippen LogP contribution in [0, 0.1) is 0 Å². The van der Waals surface area contributed by atoms with Crippen LogP contribution in [-0.4, -0.2) is 32.7 Å². The van der Waals surface area contributed by atoms with Crippen molar-refractivity contribution < 1.29 is 0 Å². The molecule has 0 unspecified atom stereocenters. The van der Waals surface area contributed by atoms with Gasteiger partial charge in [0.05, 0.1) is 18.4 Å². The molecule has 0 saturated heterocycles. The molecule has 2 aromatic heterocycles. The molecule has 102 valence electrons. The first kappa shape index (κ1) is 13.3. The molecule has 0 atom stereocenters. The first-order valence-corrected chi connectivity index (χ1v) is 6.18. The highest BCUT2D eigenvalue weighted by Crippen LogP contribution is 2.01. The number of hydrogen-bond acceptors (Lipinski definition) is 5. The number of hydrogen-bond donors (Lipinski definition) is 2. The van der Waals surface area contributed by atoms with Gasteiger partial charge < -0.3 is 11.1 Å². The zero-order valence-corrected chi connectivity index (χ0v) is 10.9. The van der Waals surface area contributed by atoms with Crippen molar-refractivity contribution in [3.63, 3.8) is 0 Å². The third-order valence-corrected chi connectivity index (χ3v) is 2.85. The topological polar surface area (TPSA) is 90.8 Å². The summed E-state index contributed by atoms with van der Waals surface area (Å²) in [6, 6.07) is 3.47. The zero-order chi connectivity index (χ0) is 13.7. The quantitative estimate of drug-likeness (QED) is 0.738. The average Bonchev–Trinajstić information content (AvgIpc) is 2.81. The molecular formula is C12H18N6O. The van der Waals surface area contributed by atoms with Crippen LogP contribution in [0.25, 0.3) is 0 Å². The molecule has 0 radical (unpaired) electrons. The van der Waals surface area contributed by atoms with Gasteiger partial charge in [-0.05, 0) is 6.07 Å². The highest BCUT2D eigenvalue weighted by Gasteiger charge is 2.03. The van der Waals surface area contributed by atoms with Gasteiger partial charge in [0.2, 0.25) is 0 Å². The van der Waals surface area contributed by atoms with Crippen molar-refractivity contribution in [3.8, 4) is 0 Å². The van der Waals surface area contributed by atoms with Gasteiger partial charge in [0.25, 0.3) is 5.56 Å². The molecule has 2 heterocycles. The van der Waals surface area contributed by atoms with Crippen molar-refractivity contribution in [1.82, 2.24) is 19.6 Å². The van der Waals surface area contributed by atoms with Crippen LogP contribution >= 0.6 is 0 Å². The maximum Gasteiger partial charge on any atom is 0.268 e. The summed E-state index contributed by atoms with van der Waals surface area (Å²) in [5.74, 6) is 0. The standard InChI is InChI=1S/C12H18N6O/c1-17-11(2-5-15-17)3-7-18-12(19)8-10(9-16-18)14-6-4-13/h2,5,8-9,14H,3-4,6-7,13H2,1H3. The van der Waals surface area contributed by atoms with Gasteiger partial charge in [-0.1, -0.05) is 0 Å². The van der Waals surface area contributed by atoms with Crippen molar-refractivity contribution >= 4 is 5.69 Å². The normalized spacial score (nSPS) is 10.6. The Balaban J connectivity index is 2.01. The largest absolute Gasteiger partial charge is 0.382 e. The van der Waals surface area contributed by atoms with E-state index in [1.54, 1.807) is 17.1 Å². The van der Waals surface area contributed by atoms with Crippen LogP contribution in [0.3, 0.4) is 0 Å². The van der Waals surface area contributed by atoms with Crippen LogP contribution in [0.2, 0.25) is 0 Å². The third kappa shape index (κ3) is 3.41. The maximum atomic E-state index is 11.9. The fraction of sp³-hybridized carbons (Fsp3) is 0.417. The number of nitrogens with two attached hydrogens (primary N) is 1. The molecule has 0 aliphatic heterocycles. The Bertz CT molecular complexity index is 588. The summed E-state index contributed by atoms with van der Waals surface area (Å²) in [5.41, 5.74) is 7.03. The highest BCUT2D eigenvalue weighted by molar-refractivity contribution is 5.38. The number of anilines is 1. The van der Waals surface area contributed by atoms with Crippen molar-refractivity contribution in [2.24, 2.45) is 12.8 Å². The van der Waals surface area contributed by atoms with Crippen molar-refractivity contribution in [3.05, 3.63) is 40.6 Å². The Kier molecular flexibility index (Phi) is 4.30. The Morgan fingerprint density at radius 2 is 2.26 bits per heavy atom. The first-order chi connectivity index (χ1) is 9.20. The molecule has 0 amide bonds. The van der Waals surface area contributed by atoms with Gasteiger partial charge in [-0.3, -0.25) is 9.48 Å². The molecule has 0 aliphatic rings. The molecule has 2 rings (SSSR count). The molecule has 0 bridgehead atoms. The SMILES string of the molecule is Cn1nccc1CCn1ncc(NCCN)cc1=O. The first-order valence-electron chi connectivity index (χ1n) is 6.18. The Hall–Kier alpha value is -2.15. The number of rotatable bonds is 6. The van der Waals surface area contributed by atoms with Crippen LogP contribution in [0.1, 0.15) is 5.69 Å². The fourth-order valence-electron chi connectivity index (χ4n) is 1.78. The van der Waals surface area contributed by atoms with Crippen LogP contribution in [0.4, 0.5) is 5.69 Å². The lowest BCUT2D eigenvalue weighted by Gasteiger charge is -2.07. The lowest BCUT2D eigenvalue weighted by Crippen LogP contribution is -2.24. The van der Waals surface area contributed by atoms with E-state index >= 15 is 0 Å². The van der Waals surface area contributed by atoms with Crippen LogP contribution in [-0.2, 0) is 20.0 Å². The molecule has 0 saturated carbocycles. The lowest BCUT2D eigenvalue weighted by atomic mass is 10.3. The van der Waals surface area contributed by atoms with Gasteiger partial charge in [0, 0.05) is 44.5 Å². The number of nitrogens with one attached hydrogen (secondary N) is 1.